The van der Waals surface area contributed by atoms with E-state index in [9.17, 15) is 4.79 Å². The molecule has 0 aromatic heterocycles. The van der Waals surface area contributed by atoms with Crippen molar-refractivity contribution >= 4 is 11.6 Å². The molecule has 0 fully saturated rings. The molecule has 1 amide bonds. The molecule has 4 nitrogen and oxygen atoms in total. The van der Waals surface area contributed by atoms with Gasteiger partial charge in [-0.25, -0.2) is 0 Å². The Bertz CT molecular complexity index is 432. The zero-order valence-electron chi connectivity index (χ0n) is 13.4. The fourth-order valence-electron chi connectivity index (χ4n) is 2.19. The quantitative estimate of drug-likeness (QED) is 0.651. The van der Waals surface area contributed by atoms with Crippen LogP contribution in [0.1, 0.15) is 51.9 Å². The van der Waals surface area contributed by atoms with Crippen LogP contribution in [0.2, 0.25) is 0 Å². The number of carbonyl (C=O) groups excluding carboxylic acids is 1. The number of carbonyl (C=O) groups is 1. The summed E-state index contributed by atoms with van der Waals surface area (Å²) in [6.07, 6.45) is 7.60. The maximum Gasteiger partial charge on any atom is 0.224 e. The van der Waals surface area contributed by atoms with Gasteiger partial charge >= 0.3 is 0 Å². The predicted molar refractivity (Wildman–Crippen MR) is 86.2 cm³/mol. The second-order valence-electron chi connectivity index (χ2n) is 5.13. The topological polar surface area (TPSA) is 47.6 Å². The Balaban J connectivity index is 2.39. The van der Waals surface area contributed by atoms with Gasteiger partial charge < -0.3 is 14.8 Å². The minimum Gasteiger partial charge on any atom is -0.497 e. The number of nitrogens with one attached hydrogen (secondary N) is 1. The lowest BCUT2D eigenvalue weighted by Crippen LogP contribution is -2.12. The summed E-state index contributed by atoms with van der Waals surface area (Å²) in [6.45, 7) is 2.20. The van der Waals surface area contributed by atoms with E-state index in [0.29, 0.717) is 23.6 Å². The summed E-state index contributed by atoms with van der Waals surface area (Å²) in [5, 5.41) is 2.89. The van der Waals surface area contributed by atoms with Crippen molar-refractivity contribution in [1.29, 1.82) is 0 Å². The van der Waals surface area contributed by atoms with Crippen LogP contribution in [0, 0.1) is 0 Å². The van der Waals surface area contributed by atoms with Gasteiger partial charge in [0.1, 0.15) is 11.5 Å². The van der Waals surface area contributed by atoms with Crippen LogP contribution < -0.4 is 14.8 Å². The lowest BCUT2D eigenvalue weighted by Gasteiger charge is -2.11. The fraction of sp³-hybridized carbons (Fsp3) is 0.588. The van der Waals surface area contributed by atoms with Gasteiger partial charge in [0.15, 0.2) is 0 Å². The molecule has 1 aromatic rings. The molecule has 1 N–H and O–H groups in total. The van der Waals surface area contributed by atoms with Crippen LogP contribution >= 0.6 is 0 Å². The monoisotopic (exact) mass is 293 g/mol. The van der Waals surface area contributed by atoms with Crippen LogP contribution in [-0.2, 0) is 4.79 Å². The molecular formula is C17H27NO3. The van der Waals surface area contributed by atoms with E-state index < -0.39 is 0 Å². The van der Waals surface area contributed by atoms with Gasteiger partial charge in [0.25, 0.3) is 0 Å². The van der Waals surface area contributed by atoms with E-state index in [0.717, 1.165) is 12.8 Å². The number of hydrogen-bond acceptors (Lipinski definition) is 3. The molecule has 0 aliphatic carbocycles. The molecule has 0 unspecified atom stereocenters. The van der Waals surface area contributed by atoms with Crippen molar-refractivity contribution in [3.05, 3.63) is 18.2 Å². The van der Waals surface area contributed by atoms with Gasteiger partial charge in [-0.2, -0.15) is 0 Å². The molecule has 1 aromatic carbocycles. The third kappa shape index (κ3) is 6.52. The normalized spacial score (nSPS) is 10.2. The van der Waals surface area contributed by atoms with Crippen LogP contribution in [0.5, 0.6) is 11.5 Å². The van der Waals surface area contributed by atoms with Crippen LogP contribution in [-0.4, -0.2) is 20.1 Å². The van der Waals surface area contributed by atoms with Crippen molar-refractivity contribution in [2.75, 3.05) is 19.5 Å². The van der Waals surface area contributed by atoms with Gasteiger partial charge in [0, 0.05) is 12.5 Å². The Kier molecular flexibility index (Phi) is 8.32. The molecule has 1 rings (SSSR count). The minimum atomic E-state index is 0.0250. The van der Waals surface area contributed by atoms with Gasteiger partial charge in [-0.3, -0.25) is 4.79 Å². The highest BCUT2D eigenvalue weighted by Crippen LogP contribution is 2.29. The number of rotatable bonds is 10. The van der Waals surface area contributed by atoms with E-state index in [1.807, 2.05) is 6.07 Å². The van der Waals surface area contributed by atoms with Gasteiger partial charge in [0.2, 0.25) is 5.91 Å². The molecule has 118 valence electrons. The first-order chi connectivity index (χ1) is 10.2. The number of benzene rings is 1. The highest BCUT2D eigenvalue weighted by molar-refractivity contribution is 5.92. The van der Waals surface area contributed by atoms with Crippen molar-refractivity contribution < 1.29 is 14.3 Å². The van der Waals surface area contributed by atoms with E-state index in [1.54, 1.807) is 26.4 Å². The van der Waals surface area contributed by atoms with Crippen LogP contribution in [0.4, 0.5) is 5.69 Å². The molecule has 0 bridgehead atoms. The first-order valence-electron chi connectivity index (χ1n) is 7.73. The van der Waals surface area contributed by atoms with Crippen molar-refractivity contribution in [2.24, 2.45) is 0 Å². The smallest absolute Gasteiger partial charge is 0.224 e. The van der Waals surface area contributed by atoms with E-state index in [-0.39, 0.29) is 5.91 Å². The molecule has 0 saturated heterocycles. The largest absolute Gasteiger partial charge is 0.497 e. The van der Waals surface area contributed by atoms with Crippen molar-refractivity contribution in [3.63, 3.8) is 0 Å². The van der Waals surface area contributed by atoms with Gasteiger partial charge in [0.05, 0.1) is 19.9 Å². The zero-order valence-corrected chi connectivity index (χ0v) is 13.4. The highest BCUT2D eigenvalue weighted by atomic mass is 16.5. The van der Waals surface area contributed by atoms with Crippen LogP contribution in [0.15, 0.2) is 18.2 Å². The van der Waals surface area contributed by atoms with Gasteiger partial charge in [-0.15, -0.1) is 0 Å². The standard InChI is InChI=1S/C17H27NO3/c1-4-5-6-7-8-9-10-17(19)18-15-13-14(20-2)11-12-16(15)21-3/h11-13H,4-10H2,1-3H3,(H,18,19). The van der Waals surface area contributed by atoms with Crippen molar-refractivity contribution in [2.45, 2.75) is 51.9 Å². The number of anilines is 1. The molecule has 0 radical (unpaired) electrons. The van der Waals surface area contributed by atoms with Crippen molar-refractivity contribution in [1.82, 2.24) is 0 Å². The average molecular weight is 293 g/mol. The molecule has 0 spiro atoms. The Morgan fingerprint density at radius 2 is 1.76 bits per heavy atom. The third-order valence-electron chi connectivity index (χ3n) is 3.44. The molecule has 21 heavy (non-hydrogen) atoms. The van der Waals surface area contributed by atoms with E-state index in [2.05, 4.69) is 12.2 Å². The number of ether oxygens (including phenoxy) is 2. The van der Waals surface area contributed by atoms with Gasteiger partial charge in [-0.1, -0.05) is 39.0 Å². The molecular weight excluding hydrogens is 266 g/mol. The maximum atomic E-state index is 12.0. The average Bonchev–Trinajstić information content (AvgIpc) is 2.50. The Labute approximate surface area is 127 Å². The number of methoxy groups -OCH3 is 2. The van der Waals surface area contributed by atoms with E-state index in [1.165, 1.54) is 25.7 Å². The first-order valence-corrected chi connectivity index (χ1v) is 7.73. The number of unbranched alkanes of at least 4 members (excludes halogenated alkanes) is 5. The van der Waals surface area contributed by atoms with Crippen LogP contribution in [0.25, 0.3) is 0 Å². The number of amides is 1. The van der Waals surface area contributed by atoms with Crippen molar-refractivity contribution in [3.8, 4) is 11.5 Å². The summed E-state index contributed by atoms with van der Waals surface area (Å²) in [5.74, 6) is 1.37. The van der Waals surface area contributed by atoms with Crippen LogP contribution in [0.3, 0.4) is 0 Å². The summed E-state index contributed by atoms with van der Waals surface area (Å²) in [5.41, 5.74) is 0.660. The fourth-order valence-corrected chi connectivity index (χ4v) is 2.19. The minimum absolute atomic E-state index is 0.0250. The SMILES string of the molecule is CCCCCCCCC(=O)Nc1cc(OC)ccc1OC. The molecule has 4 heteroatoms. The lowest BCUT2D eigenvalue weighted by atomic mass is 10.1. The van der Waals surface area contributed by atoms with Gasteiger partial charge in [-0.05, 0) is 18.6 Å². The Hall–Kier alpha value is -1.71. The second kappa shape index (κ2) is 10.1. The molecule has 0 aliphatic heterocycles. The van der Waals surface area contributed by atoms with E-state index in [4.69, 9.17) is 9.47 Å². The Morgan fingerprint density at radius 1 is 1.05 bits per heavy atom. The summed E-state index contributed by atoms with van der Waals surface area (Å²) in [7, 11) is 3.19. The van der Waals surface area contributed by atoms with E-state index >= 15 is 0 Å². The summed E-state index contributed by atoms with van der Waals surface area (Å²) in [4.78, 5) is 12.0. The zero-order chi connectivity index (χ0) is 15.5. The second-order valence-corrected chi connectivity index (χ2v) is 5.13. The summed E-state index contributed by atoms with van der Waals surface area (Å²) >= 11 is 0. The summed E-state index contributed by atoms with van der Waals surface area (Å²) in [6, 6.07) is 5.37. The third-order valence-corrected chi connectivity index (χ3v) is 3.44. The highest BCUT2D eigenvalue weighted by Gasteiger charge is 2.08. The molecule has 0 saturated carbocycles. The predicted octanol–water partition coefficient (Wildman–Crippen LogP) is 4.39. The molecule has 0 atom stereocenters. The lowest BCUT2D eigenvalue weighted by molar-refractivity contribution is -0.116. The molecule has 0 aliphatic rings. The Morgan fingerprint density at radius 3 is 2.43 bits per heavy atom. The number of hydrogen-bond donors (Lipinski definition) is 1. The molecule has 0 heterocycles. The first kappa shape index (κ1) is 17.3. The maximum absolute atomic E-state index is 12.0. The summed E-state index contributed by atoms with van der Waals surface area (Å²) < 4.78 is 10.4.